The number of nitrogens with zero attached hydrogens (tertiary/aromatic N) is 1. The first-order valence-corrected chi connectivity index (χ1v) is 7.59. The predicted molar refractivity (Wildman–Crippen MR) is 80.3 cm³/mol. The van der Waals surface area contributed by atoms with Gasteiger partial charge < -0.3 is 4.90 Å². The molecule has 3 nitrogen and oxygen atoms in total. The number of benzene rings is 1. The molecule has 1 spiro atoms. The Hall–Kier alpha value is -1.35. The molecule has 1 saturated carbocycles. The molecule has 1 aliphatic heterocycles. The number of carbonyl (C=O) groups excluding carboxylic acids is 1. The summed E-state index contributed by atoms with van der Waals surface area (Å²) in [5, 5.41) is 3.61. The van der Waals surface area contributed by atoms with Gasteiger partial charge in [0.15, 0.2) is 0 Å². The van der Waals surface area contributed by atoms with E-state index in [1.807, 2.05) is 0 Å². The Morgan fingerprint density at radius 1 is 1.35 bits per heavy atom. The first-order chi connectivity index (χ1) is 9.43. The van der Waals surface area contributed by atoms with Crippen molar-refractivity contribution in [2.45, 2.75) is 52.2 Å². The lowest BCUT2D eigenvalue weighted by molar-refractivity contribution is -0.131. The molecule has 1 heterocycles. The molecular weight excluding hydrogens is 248 g/mol. The third-order valence-electron chi connectivity index (χ3n) is 4.44. The number of amides is 1. The molecular formula is C17H24N2O. The summed E-state index contributed by atoms with van der Waals surface area (Å²) < 4.78 is 0. The molecule has 1 unspecified atom stereocenters. The minimum Gasteiger partial charge on any atom is -0.321 e. The first kappa shape index (κ1) is 13.6. The van der Waals surface area contributed by atoms with E-state index in [0.717, 1.165) is 19.4 Å². The van der Waals surface area contributed by atoms with E-state index in [9.17, 15) is 4.79 Å². The van der Waals surface area contributed by atoms with Crippen LogP contribution in [0, 0.1) is 19.8 Å². The highest BCUT2D eigenvalue weighted by Crippen LogP contribution is 2.46. The van der Waals surface area contributed by atoms with Gasteiger partial charge in [-0.2, -0.15) is 0 Å². The number of nitrogens with one attached hydrogen (secondary N) is 1. The third-order valence-corrected chi connectivity index (χ3v) is 4.44. The van der Waals surface area contributed by atoms with Crippen molar-refractivity contribution < 1.29 is 4.79 Å². The van der Waals surface area contributed by atoms with E-state index in [1.165, 1.54) is 16.7 Å². The summed E-state index contributed by atoms with van der Waals surface area (Å²) in [6.07, 6.45) is 2.02. The maximum Gasteiger partial charge on any atom is 0.244 e. The Kier molecular flexibility index (Phi) is 3.13. The van der Waals surface area contributed by atoms with E-state index in [1.54, 1.807) is 0 Å². The maximum atomic E-state index is 12.7. The fourth-order valence-electron chi connectivity index (χ4n) is 3.16. The van der Waals surface area contributed by atoms with Crippen molar-refractivity contribution in [3.63, 3.8) is 0 Å². The fourth-order valence-corrected chi connectivity index (χ4v) is 3.16. The molecule has 0 bridgehead atoms. The van der Waals surface area contributed by atoms with E-state index in [4.69, 9.17) is 0 Å². The molecule has 0 radical (unpaired) electrons. The molecule has 3 rings (SSSR count). The summed E-state index contributed by atoms with van der Waals surface area (Å²) in [7, 11) is 0. The van der Waals surface area contributed by atoms with Crippen molar-refractivity contribution in [3.05, 3.63) is 34.9 Å². The van der Waals surface area contributed by atoms with Crippen molar-refractivity contribution in [3.8, 4) is 0 Å². The van der Waals surface area contributed by atoms with Crippen LogP contribution in [0.25, 0.3) is 0 Å². The summed E-state index contributed by atoms with van der Waals surface area (Å²) in [5.41, 5.74) is 3.52. The monoisotopic (exact) mass is 272 g/mol. The van der Waals surface area contributed by atoms with Gasteiger partial charge in [0.05, 0.1) is 0 Å². The Balaban J connectivity index is 1.97. The zero-order valence-electron chi connectivity index (χ0n) is 12.9. The lowest BCUT2D eigenvalue weighted by Crippen LogP contribution is -2.34. The highest BCUT2D eigenvalue weighted by molar-refractivity contribution is 5.92. The molecule has 1 aromatic carbocycles. The molecule has 1 N–H and O–H groups in total. The van der Waals surface area contributed by atoms with Crippen LogP contribution in [0.1, 0.15) is 49.5 Å². The lowest BCUT2D eigenvalue weighted by Gasteiger charge is -2.27. The van der Waals surface area contributed by atoms with Crippen molar-refractivity contribution in [1.82, 2.24) is 10.2 Å². The van der Waals surface area contributed by atoms with Crippen molar-refractivity contribution in [2.24, 2.45) is 5.92 Å². The summed E-state index contributed by atoms with van der Waals surface area (Å²) in [6, 6.07) is 6.51. The average molecular weight is 272 g/mol. The van der Waals surface area contributed by atoms with E-state index >= 15 is 0 Å². The minimum absolute atomic E-state index is 0.0484. The third kappa shape index (κ3) is 2.14. The van der Waals surface area contributed by atoms with Gasteiger partial charge in [-0.15, -0.1) is 0 Å². The topological polar surface area (TPSA) is 32.3 Å². The smallest absolute Gasteiger partial charge is 0.244 e. The summed E-state index contributed by atoms with van der Waals surface area (Å²) in [6.45, 7) is 9.41. The molecule has 20 heavy (non-hydrogen) atoms. The van der Waals surface area contributed by atoms with Crippen LogP contribution >= 0.6 is 0 Å². The number of hydrogen-bond donors (Lipinski definition) is 1. The molecule has 1 aromatic rings. The van der Waals surface area contributed by atoms with Crippen LogP contribution in [0.5, 0.6) is 0 Å². The quantitative estimate of drug-likeness (QED) is 0.917. The van der Waals surface area contributed by atoms with Gasteiger partial charge in [-0.25, -0.2) is 0 Å². The summed E-state index contributed by atoms with van der Waals surface area (Å²) in [4.78, 5) is 14.7. The second-order valence-corrected chi connectivity index (χ2v) is 6.84. The lowest BCUT2D eigenvalue weighted by atomic mass is 10.0. The second-order valence-electron chi connectivity index (χ2n) is 6.84. The van der Waals surface area contributed by atoms with Crippen LogP contribution in [0.2, 0.25) is 0 Å². The molecule has 3 heteroatoms. The average Bonchev–Trinajstić information content (AvgIpc) is 3.11. The number of carbonyl (C=O) groups is 1. The molecule has 1 saturated heterocycles. The van der Waals surface area contributed by atoms with Crippen LogP contribution in [0.15, 0.2) is 18.2 Å². The molecule has 2 fully saturated rings. The number of rotatable bonds is 3. The van der Waals surface area contributed by atoms with Crippen molar-refractivity contribution >= 4 is 5.91 Å². The van der Waals surface area contributed by atoms with E-state index in [0.29, 0.717) is 11.8 Å². The van der Waals surface area contributed by atoms with Crippen LogP contribution in [-0.2, 0) is 4.79 Å². The summed E-state index contributed by atoms with van der Waals surface area (Å²) in [5.74, 6) is 0.791. The van der Waals surface area contributed by atoms with Gasteiger partial charge in [-0.3, -0.25) is 10.1 Å². The highest BCUT2D eigenvalue weighted by atomic mass is 16.2. The maximum absolute atomic E-state index is 12.7. The fraction of sp³-hybridized carbons (Fsp3) is 0.588. The van der Waals surface area contributed by atoms with E-state index in [-0.39, 0.29) is 11.7 Å². The van der Waals surface area contributed by atoms with E-state index < -0.39 is 0 Å². The van der Waals surface area contributed by atoms with E-state index in [2.05, 4.69) is 56.1 Å². The van der Waals surface area contributed by atoms with Gasteiger partial charge in [0.2, 0.25) is 5.91 Å². The zero-order chi connectivity index (χ0) is 14.5. The van der Waals surface area contributed by atoms with Gasteiger partial charge in [0.25, 0.3) is 0 Å². The van der Waals surface area contributed by atoms with Gasteiger partial charge >= 0.3 is 0 Å². The Morgan fingerprint density at radius 2 is 2.05 bits per heavy atom. The molecule has 2 aliphatic rings. The molecule has 1 aliphatic carbocycles. The molecule has 0 aromatic heterocycles. The normalized spacial score (nSPS) is 23.9. The Bertz CT molecular complexity index is 546. The summed E-state index contributed by atoms with van der Waals surface area (Å²) >= 11 is 0. The van der Waals surface area contributed by atoms with Crippen LogP contribution in [0.3, 0.4) is 0 Å². The Labute approximate surface area is 121 Å². The molecule has 108 valence electrons. The minimum atomic E-state index is -0.240. The van der Waals surface area contributed by atoms with Crippen LogP contribution in [0.4, 0.5) is 0 Å². The van der Waals surface area contributed by atoms with Gasteiger partial charge in [-0.05, 0) is 43.7 Å². The second kappa shape index (κ2) is 4.59. The van der Waals surface area contributed by atoms with Gasteiger partial charge in [0.1, 0.15) is 11.7 Å². The van der Waals surface area contributed by atoms with Crippen LogP contribution < -0.4 is 5.32 Å². The Morgan fingerprint density at radius 3 is 2.65 bits per heavy atom. The molecule has 1 amide bonds. The highest BCUT2D eigenvalue weighted by Gasteiger charge is 2.59. The number of hydrogen-bond acceptors (Lipinski definition) is 2. The zero-order valence-corrected chi connectivity index (χ0v) is 12.9. The molecule has 1 atom stereocenters. The number of aryl methyl sites for hydroxylation is 2. The van der Waals surface area contributed by atoms with Gasteiger partial charge in [0, 0.05) is 6.54 Å². The first-order valence-electron chi connectivity index (χ1n) is 7.59. The van der Waals surface area contributed by atoms with Crippen molar-refractivity contribution in [1.29, 1.82) is 0 Å². The predicted octanol–water partition coefficient (Wildman–Crippen LogP) is 2.92. The van der Waals surface area contributed by atoms with Gasteiger partial charge in [-0.1, -0.05) is 37.6 Å². The van der Waals surface area contributed by atoms with Crippen LogP contribution in [-0.4, -0.2) is 22.9 Å². The SMILES string of the molecule is Cc1ccc(C)c(C2NC3(CC3)C(=O)N2CC(C)C)c1. The standard InChI is InChI=1S/C17H24N2O/c1-11(2)10-19-15(18-17(7-8-17)16(19)20)14-9-12(3)5-6-13(14)4/h5-6,9,11,15,18H,7-8,10H2,1-4H3. The largest absolute Gasteiger partial charge is 0.321 e. The van der Waals surface area contributed by atoms with Crippen molar-refractivity contribution in [2.75, 3.05) is 6.54 Å².